The number of rotatable bonds is 3. The summed E-state index contributed by atoms with van der Waals surface area (Å²) in [6.07, 6.45) is 3.18. The van der Waals surface area contributed by atoms with Gasteiger partial charge in [0, 0.05) is 19.3 Å². The number of hydrogen-bond donors (Lipinski definition) is 1. The molecule has 1 heterocycles. The smallest absolute Gasteiger partial charge is 0.111 e. The molecule has 0 aromatic carbocycles. The van der Waals surface area contributed by atoms with Crippen LogP contribution in [0.1, 0.15) is 20.3 Å². The summed E-state index contributed by atoms with van der Waals surface area (Å²) in [5.41, 5.74) is 4.10. The van der Waals surface area contributed by atoms with Crippen molar-refractivity contribution >= 4 is 7.85 Å². The molecule has 60 valence electrons. The van der Waals surface area contributed by atoms with E-state index in [2.05, 4.69) is 24.3 Å². The maximum Gasteiger partial charge on any atom is 0.111 e. The fraction of sp³-hybridized carbons (Fsp3) is 0.750. The summed E-state index contributed by atoms with van der Waals surface area (Å²) >= 11 is 0. The Morgan fingerprint density at radius 2 is 2.45 bits per heavy atom. The fourth-order valence-corrected chi connectivity index (χ4v) is 1.03. The Labute approximate surface area is 70.0 Å². The highest BCUT2D eigenvalue weighted by Crippen LogP contribution is 2.05. The van der Waals surface area contributed by atoms with E-state index in [9.17, 15) is 0 Å². The van der Waals surface area contributed by atoms with E-state index >= 15 is 0 Å². The van der Waals surface area contributed by atoms with E-state index in [1.54, 1.807) is 0 Å². The fourth-order valence-electron chi connectivity index (χ4n) is 1.03. The van der Waals surface area contributed by atoms with Gasteiger partial charge in [0.2, 0.25) is 0 Å². The first-order valence-electron chi connectivity index (χ1n) is 4.15. The summed E-state index contributed by atoms with van der Waals surface area (Å²) in [7, 11) is 5.59. The summed E-state index contributed by atoms with van der Waals surface area (Å²) < 4.78 is 0. The average Bonchev–Trinajstić information content (AvgIpc) is 2.31. The molecule has 0 saturated heterocycles. The van der Waals surface area contributed by atoms with Crippen LogP contribution in [0.2, 0.25) is 0 Å². The van der Waals surface area contributed by atoms with Gasteiger partial charge in [-0.2, -0.15) is 0 Å². The normalized spacial score (nSPS) is 17.7. The van der Waals surface area contributed by atoms with Crippen LogP contribution in [0, 0.1) is 5.92 Å². The molecule has 0 fully saturated rings. The van der Waals surface area contributed by atoms with Crippen LogP contribution in [-0.2, 0) is 0 Å². The van der Waals surface area contributed by atoms with Crippen LogP contribution in [0.4, 0.5) is 0 Å². The maximum absolute atomic E-state index is 5.59. The second-order valence-electron chi connectivity index (χ2n) is 3.41. The molecule has 2 radical (unpaired) electrons. The first-order chi connectivity index (χ1) is 5.18. The van der Waals surface area contributed by atoms with Crippen molar-refractivity contribution < 1.29 is 0 Å². The molecule has 0 saturated carbocycles. The Hall–Kier alpha value is -0.435. The monoisotopic (exact) mass is 150 g/mol. The standard InChI is InChI=1S/C8H15BN2/c1-7(2)3-4-11-6-8(9)5-10-11/h6-7,10H,3-5H2,1-2H3. The molecule has 0 aromatic heterocycles. The van der Waals surface area contributed by atoms with Gasteiger partial charge in [0.25, 0.3) is 0 Å². The van der Waals surface area contributed by atoms with Gasteiger partial charge in [-0.15, -0.1) is 0 Å². The SMILES string of the molecule is [B]C1=CN(CCC(C)C)NC1. The lowest BCUT2D eigenvalue weighted by Gasteiger charge is -2.16. The van der Waals surface area contributed by atoms with Gasteiger partial charge in [0.1, 0.15) is 7.85 Å². The zero-order chi connectivity index (χ0) is 8.27. The van der Waals surface area contributed by atoms with Crippen molar-refractivity contribution in [2.75, 3.05) is 13.1 Å². The minimum Gasteiger partial charge on any atom is -0.316 e. The minimum atomic E-state index is 0.757. The van der Waals surface area contributed by atoms with Crippen molar-refractivity contribution in [1.82, 2.24) is 10.4 Å². The predicted octanol–water partition coefficient (Wildman–Crippen LogP) is 0.863. The first-order valence-corrected chi connectivity index (χ1v) is 4.15. The van der Waals surface area contributed by atoms with Crippen molar-refractivity contribution in [3.05, 3.63) is 11.7 Å². The number of nitrogens with one attached hydrogen (secondary N) is 1. The van der Waals surface area contributed by atoms with E-state index in [-0.39, 0.29) is 0 Å². The largest absolute Gasteiger partial charge is 0.316 e. The Morgan fingerprint density at radius 1 is 1.73 bits per heavy atom. The molecule has 0 aromatic rings. The van der Waals surface area contributed by atoms with Gasteiger partial charge in [0.15, 0.2) is 0 Å². The second kappa shape index (κ2) is 3.81. The third kappa shape index (κ3) is 2.97. The number of nitrogens with zero attached hydrogens (tertiary/aromatic N) is 1. The van der Waals surface area contributed by atoms with E-state index < -0.39 is 0 Å². The van der Waals surface area contributed by atoms with E-state index in [0.717, 1.165) is 24.5 Å². The highest BCUT2D eigenvalue weighted by molar-refractivity contribution is 6.22. The molecular formula is C8H15BN2. The summed E-state index contributed by atoms with van der Waals surface area (Å²) in [4.78, 5) is 0. The molecule has 2 nitrogen and oxygen atoms in total. The minimum absolute atomic E-state index is 0.757. The van der Waals surface area contributed by atoms with Crippen molar-refractivity contribution in [2.24, 2.45) is 5.92 Å². The summed E-state index contributed by atoms with van der Waals surface area (Å²) in [5.74, 6) is 0.757. The zero-order valence-electron chi connectivity index (χ0n) is 7.30. The molecule has 0 spiro atoms. The van der Waals surface area contributed by atoms with E-state index in [0.29, 0.717) is 0 Å². The molecule has 0 bridgehead atoms. The van der Waals surface area contributed by atoms with E-state index in [4.69, 9.17) is 7.85 Å². The molecule has 1 rings (SSSR count). The maximum atomic E-state index is 5.59. The first kappa shape index (κ1) is 8.66. The van der Waals surface area contributed by atoms with Crippen LogP contribution >= 0.6 is 0 Å². The molecule has 1 N–H and O–H groups in total. The van der Waals surface area contributed by atoms with Crippen LogP contribution in [0.3, 0.4) is 0 Å². The Bertz CT molecular complexity index is 154. The average molecular weight is 150 g/mol. The number of hydrogen-bond acceptors (Lipinski definition) is 2. The van der Waals surface area contributed by atoms with Crippen LogP contribution in [-0.4, -0.2) is 25.9 Å². The number of hydrazine groups is 1. The topological polar surface area (TPSA) is 15.3 Å². The predicted molar refractivity (Wildman–Crippen MR) is 48.0 cm³/mol. The lowest BCUT2D eigenvalue weighted by Crippen LogP contribution is -2.30. The van der Waals surface area contributed by atoms with Gasteiger partial charge in [0.05, 0.1) is 0 Å². The van der Waals surface area contributed by atoms with Crippen LogP contribution in [0.25, 0.3) is 0 Å². The lowest BCUT2D eigenvalue weighted by atomic mass is 9.98. The van der Waals surface area contributed by atoms with Crippen molar-refractivity contribution in [3.8, 4) is 0 Å². The van der Waals surface area contributed by atoms with Crippen LogP contribution < -0.4 is 5.43 Å². The van der Waals surface area contributed by atoms with Crippen LogP contribution in [0.15, 0.2) is 11.7 Å². The molecule has 0 aliphatic carbocycles. The van der Waals surface area contributed by atoms with Gasteiger partial charge in [-0.05, 0) is 12.3 Å². The summed E-state index contributed by atoms with van der Waals surface area (Å²) in [6.45, 7) is 6.31. The van der Waals surface area contributed by atoms with E-state index in [1.165, 1.54) is 6.42 Å². The third-order valence-electron chi connectivity index (χ3n) is 1.76. The highest BCUT2D eigenvalue weighted by atomic mass is 15.5. The molecular weight excluding hydrogens is 135 g/mol. The Kier molecular flexibility index (Phi) is 3.00. The van der Waals surface area contributed by atoms with Gasteiger partial charge < -0.3 is 5.01 Å². The summed E-state index contributed by atoms with van der Waals surface area (Å²) in [5, 5.41) is 2.06. The molecule has 0 unspecified atom stereocenters. The molecule has 1 aliphatic rings. The van der Waals surface area contributed by atoms with Crippen molar-refractivity contribution in [2.45, 2.75) is 20.3 Å². The Balaban J connectivity index is 2.18. The van der Waals surface area contributed by atoms with Crippen molar-refractivity contribution in [3.63, 3.8) is 0 Å². The Morgan fingerprint density at radius 3 is 2.91 bits per heavy atom. The van der Waals surface area contributed by atoms with Crippen molar-refractivity contribution in [1.29, 1.82) is 0 Å². The molecule has 0 amide bonds. The molecule has 1 aliphatic heterocycles. The van der Waals surface area contributed by atoms with Gasteiger partial charge >= 0.3 is 0 Å². The summed E-state index contributed by atoms with van der Waals surface area (Å²) in [6, 6.07) is 0. The quantitative estimate of drug-likeness (QED) is 0.600. The second-order valence-corrected chi connectivity index (χ2v) is 3.41. The molecule has 0 atom stereocenters. The lowest BCUT2D eigenvalue weighted by molar-refractivity contribution is 0.286. The van der Waals surface area contributed by atoms with Gasteiger partial charge in [-0.3, -0.25) is 0 Å². The van der Waals surface area contributed by atoms with Gasteiger partial charge in [-0.1, -0.05) is 19.3 Å². The van der Waals surface area contributed by atoms with E-state index in [1.807, 2.05) is 6.20 Å². The zero-order valence-corrected chi connectivity index (χ0v) is 7.30. The van der Waals surface area contributed by atoms with Gasteiger partial charge in [-0.25, -0.2) is 5.43 Å². The molecule has 11 heavy (non-hydrogen) atoms. The molecule has 3 heteroatoms. The van der Waals surface area contributed by atoms with Crippen LogP contribution in [0.5, 0.6) is 0 Å². The highest BCUT2D eigenvalue weighted by Gasteiger charge is 2.06. The third-order valence-corrected chi connectivity index (χ3v) is 1.76.